The van der Waals surface area contributed by atoms with E-state index in [9.17, 15) is 14.0 Å². The summed E-state index contributed by atoms with van der Waals surface area (Å²) in [7, 11) is 0. The van der Waals surface area contributed by atoms with Crippen LogP contribution in [0.15, 0.2) is 48.5 Å². The molecular weight excluding hydrogens is 285 g/mol. The van der Waals surface area contributed by atoms with Gasteiger partial charge < -0.3 is 16.4 Å². The first-order valence-corrected chi connectivity index (χ1v) is 6.69. The fourth-order valence-electron chi connectivity index (χ4n) is 1.94. The lowest BCUT2D eigenvalue weighted by molar-refractivity contribution is -0.120. The molecule has 0 fully saturated rings. The molecule has 0 spiro atoms. The molecule has 5 nitrogen and oxygen atoms in total. The highest BCUT2D eigenvalue weighted by molar-refractivity contribution is 5.87. The van der Waals surface area contributed by atoms with Crippen molar-refractivity contribution in [2.45, 2.75) is 13.0 Å². The van der Waals surface area contributed by atoms with Crippen LogP contribution < -0.4 is 16.4 Å². The van der Waals surface area contributed by atoms with Gasteiger partial charge in [-0.2, -0.15) is 0 Å². The van der Waals surface area contributed by atoms with Crippen LogP contribution in [0.1, 0.15) is 11.1 Å². The Morgan fingerprint density at radius 1 is 1.05 bits per heavy atom. The predicted molar refractivity (Wildman–Crippen MR) is 81.6 cm³/mol. The van der Waals surface area contributed by atoms with Gasteiger partial charge in [0, 0.05) is 12.2 Å². The van der Waals surface area contributed by atoms with Gasteiger partial charge in [-0.3, -0.25) is 4.79 Å². The molecule has 0 atom stereocenters. The van der Waals surface area contributed by atoms with Crippen LogP contribution in [0, 0.1) is 5.82 Å². The molecule has 0 aliphatic heterocycles. The molecule has 0 aliphatic carbocycles. The third-order valence-corrected chi connectivity index (χ3v) is 2.96. The average molecular weight is 301 g/mol. The first-order chi connectivity index (χ1) is 10.5. The zero-order valence-electron chi connectivity index (χ0n) is 11.8. The maximum absolute atomic E-state index is 13.0. The topological polar surface area (TPSA) is 84.2 Å². The molecule has 4 N–H and O–H groups in total. The maximum atomic E-state index is 13.0. The van der Waals surface area contributed by atoms with E-state index in [0.717, 1.165) is 5.56 Å². The number of nitrogens with two attached hydrogens (primary N) is 1. The van der Waals surface area contributed by atoms with E-state index in [1.165, 1.54) is 12.1 Å². The monoisotopic (exact) mass is 301 g/mol. The first kappa shape index (κ1) is 15.5. The molecule has 0 bridgehead atoms. The van der Waals surface area contributed by atoms with E-state index in [-0.39, 0.29) is 18.1 Å². The third-order valence-electron chi connectivity index (χ3n) is 2.96. The lowest BCUT2D eigenvalue weighted by Gasteiger charge is -2.07. The van der Waals surface area contributed by atoms with Crippen LogP contribution in [0.3, 0.4) is 0 Å². The van der Waals surface area contributed by atoms with Crippen molar-refractivity contribution in [3.8, 4) is 0 Å². The Kier molecular flexibility index (Phi) is 5.08. The number of anilines is 1. The van der Waals surface area contributed by atoms with Crippen LogP contribution in [0.5, 0.6) is 0 Å². The minimum Gasteiger partial charge on any atom is -0.352 e. The molecule has 2 rings (SSSR count). The summed E-state index contributed by atoms with van der Waals surface area (Å²) < 4.78 is 13.0. The van der Waals surface area contributed by atoms with Gasteiger partial charge >= 0.3 is 6.03 Å². The van der Waals surface area contributed by atoms with Crippen LogP contribution >= 0.6 is 0 Å². The number of amides is 3. The Balaban J connectivity index is 1.84. The third kappa shape index (κ3) is 4.90. The summed E-state index contributed by atoms with van der Waals surface area (Å²) in [5.74, 6) is -0.548. The number of nitrogens with one attached hydrogen (secondary N) is 2. The van der Waals surface area contributed by atoms with Crippen molar-refractivity contribution in [1.29, 1.82) is 0 Å². The minimum absolute atomic E-state index is 0.124. The molecule has 2 aromatic carbocycles. The SMILES string of the molecule is NC(=O)Nc1ccc(CNC(=O)Cc2cccc(F)c2)cc1. The van der Waals surface area contributed by atoms with Gasteiger partial charge in [-0.1, -0.05) is 24.3 Å². The van der Waals surface area contributed by atoms with Gasteiger partial charge in [-0.25, -0.2) is 9.18 Å². The number of rotatable bonds is 5. The number of hydrogen-bond acceptors (Lipinski definition) is 2. The summed E-state index contributed by atoms with van der Waals surface area (Å²) in [6.07, 6.45) is 0.124. The van der Waals surface area contributed by atoms with E-state index in [1.54, 1.807) is 36.4 Å². The van der Waals surface area contributed by atoms with Gasteiger partial charge in [-0.15, -0.1) is 0 Å². The number of primary amides is 1. The van der Waals surface area contributed by atoms with Crippen molar-refractivity contribution in [1.82, 2.24) is 5.32 Å². The molecule has 0 aromatic heterocycles. The van der Waals surface area contributed by atoms with Gasteiger partial charge in [0.05, 0.1) is 6.42 Å². The average Bonchev–Trinajstić information content (AvgIpc) is 2.46. The number of halogens is 1. The lowest BCUT2D eigenvalue weighted by atomic mass is 10.1. The number of carbonyl (C=O) groups is 2. The van der Waals surface area contributed by atoms with E-state index >= 15 is 0 Å². The molecule has 114 valence electrons. The summed E-state index contributed by atoms with van der Waals surface area (Å²) >= 11 is 0. The molecule has 0 unspecified atom stereocenters. The van der Waals surface area contributed by atoms with Gasteiger partial charge in [0.2, 0.25) is 5.91 Å². The van der Waals surface area contributed by atoms with Gasteiger partial charge in [0.15, 0.2) is 0 Å². The van der Waals surface area contributed by atoms with Crippen molar-refractivity contribution < 1.29 is 14.0 Å². The zero-order chi connectivity index (χ0) is 15.9. The van der Waals surface area contributed by atoms with E-state index < -0.39 is 6.03 Å². The number of benzene rings is 2. The number of hydrogen-bond donors (Lipinski definition) is 3. The Bertz CT molecular complexity index is 671. The normalized spacial score (nSPS) is 10.0. The largest absolute Gasteiger partial charge is 0.352 e. The quantitative estimate of drug-likeness (QED) is 0.790. The van der Waals surface area contributed by atoms with Crippen LogP contribution in [0.25, 0.3) is 0 Å². The molecule has 3 amide bonds. The molecule has 0 heterocycles. The molecule has 0 saturated carbocycles. The summed E-state index contributed by atoms with van der Waals surface area (Å²) in [6, 6.07) is 12.2. The molecule has 0 aliphatic rings. The maximum Gasteiger partial charge on any atom is 0.316 e. The first-order valence-electron chi connectivity index (χ1n) is 6.69. The van der Waals surface area contributed by atoms with Crippen molar-refractivity contribution in [3.05, 3.63) is 65.5 Å². The highest BCUT2D eigenvalue weighted by Gasteiger charge is 2.04. The second-order valence-electron chi connectivity index (χ2n) is 4.77. The predicted octanol–water partition coefficient (Wildman–Crippen LogP) is 2.18. The molecule has 6 heteroatoms. The number of carbonyl (C=O) groups excluding carboxylic acids is 2. The highest BCUT2D eigenvalue weighted by atomic mass is 19.1. The second-order valence-corrected chi connectivity index (χ2v) is 4.77. The second kappa shape index (κ2) is 7.21. The Morgan fingerprint density at radius 3 is 2.41 bits per heavy atom. The highest BCUT2D eigenvalue weighted by Crippen LogP contribution is 2.09. The van der Waals surface area contributed by atoms with E-state index in [2.05, 4.69) is 10.6 Å². The molecule has 2 aromatic rings. The summed E-state index contributed by atoms with van der Waals surface area (Å²) in [4.78, 5) is 22.5. The molecule has 0 radical (unpaired) electrons. The Hall–Kier alpha value is -2.89. The van der Waals surface area contributed by atoms with Crippen LogP contribution in [-0.4, -0.2) is 11.9 Å². The Labute approximate surface area is 127 Å². The molecular formula is C16H16FN3O2. The summed E-state index contributed by atoms with van der Waals surface area (Å²) in [5, 5.41) is 5.20. The van der Waals surface area contributed by atoms with Crippen molar-refractivity contribution in [3.63, 3.8) is 0 Å². The van der Waals surface area contributed by atoms with Crippen molar-refractivity contribution in [2.75, 3.05) is 5.32 Å². The smallest absolute Gasteiger partial charge is 0.316 e. The number of urea groups is 1. The minimum atomic E-state index is -0.629. The summed E-state index contributed by atoms with van der Waals surface area (Å²) in [6.45, 7) is 0.352. The van der Waals surface area contributed by atoms with Gasteiger partial charge in [0.25, 0.3) is 0 Å². The fourth-order valence-corrected chi connectivity index (χ4v) is 1.94. The molecule has 22 heavy (non-hydrogen) atoms. The van der Waals surface area contributed by atoms with Gasteiger partial charge in [-0.05, 0) is 35.4 Å². The standard InChI is InChI=1S/C16H16FN3O2/c17-13-3-1-2-12(8-13)9-15(21)19-10-11-4-6-14(7-5-11)20-16(18)22/h1-8H,9-10H2,(H,19,21)(H3,18,20,22). The van der Waals surface area contributed by atoms with Crippen LogP contribution in [0.2, 0.25) is 0 Å². The Morgan fingerprint density at radius 2 is 1.77 bits per heavy atom. The zero-order valence-corrected chi connectivity index (χ0v) is 11.8. The van der Waals surface area contributed by atoms with E-state index in [0.29, 0.717) is 17.8 Å². The van der Waals surface area contributed by atoms with Crippen LogP contribution in [-0.2, 0) is 17.8 Å². The van der Waals surface area contributed by atoms with Crippen LogP contribution in [0.4, 0.5) is 14.9 Å². The van der Waals surface area contributed by atoms with E-state index in [4.69, 9.17) is 5.73 Å². The van der Waals surface area contributed by atoms with Gasteiger partial charge in [0.1, 0.15) is 5.82 Å². The van der Waals surface area contributed by atoms with Crippen molar-refractivity contribution in [2.24, 2.45) is 5.73 Å². The molecule has 0 saturated heterocycles. The summed E-state index contributed by atoms with van der Waals surface area (Å²) in [5.41, 5.74) is 7.10. The van der Waals surface area contributed by atoms with Crippen molar-refractivity contribution >= 4 is 17.6 Å². The fraction of sp³-hybridized carbons (Fsp3) is 0.125. The van der Waals surface area contributed by atoms with E-state index in [1.807, 2.05) is 0 Å². The lowest BCUT2D eigenvalue weighted by Crippen LogP contribution is -2.24.